The molecule has 0 spiro atoms. The molecule has 0 aliphatic heterocycles. The Labute approximate surface area is 99.4 Å². The Morgan fingerprint density at radius 1 is 1.31 bits per heavy atom. The molecule has 1 saturated carbocycles. The maximum absolute atomic E-state index is 11.6. The van der Waals surface area contributed by atoms with Crippen molar-refractivity contribution in [3.05, 3.63) is 0 Å². The number of carbonyl (C=O) groups excluding carboxylic acids is 1. The first-order valence-electron chi connectivity index (χ1n) is 6.66. The highest BCUT2D eigenvalue weighted by atomic mass is 16.1. The van der Waals surface area contributed by atoms with Crippen LogP contribution in [0.5, 0.6) is 0 Å². The average molecular weight is 226 g/mol. The van der Waals surface area contributed by atoms with Crippen molar-refractivity contribution in [2.75, 3.05) is 6.54 Å². The van der Waals surface area contributed by atoms with Crippen molar-refractivity contribution in [2.45, 2.75) is 65.0 Å². The van der Waals surface area contributed by atoms with Crippen molar-refractivity contribution >= 4 is 5.91 Å². The monoisotopic (exact) mass is 226 g/mol. The quantitative estimate of drug-likeness (QED) is 0.728. The fraction of sp³-hybridized carbons (Fsp3) is 0.923. The Morgan fingerprint density at radius 3 is 2.50 bits per heavy atom. The molecular weight excluding hydrogens is 200 g/mol. The largest absolute Gasteiger partial charge is 0.353 e. The van der Waals surface area contributed by atoms with Gasteiger partial charge in [0, 0.05) is 12.1 Å². The van der Waals surface area contributed by atoms with Crippen LogP contribution < -0.4 is 10.6 Å². The van der Waals surface area contributed by atoms with Crippen LogP contribution in [-0.4, -0.2) is 24.5 Å². The molecular formula is C13H26N2O. The molecule has 0 aromatic heterocycles. The summed E-state index contributed by atoms with van der Waals surface area (Å²) in [5, 5.41) is 6.32. The van der Waals surface area contributed by atoms with Crippen LogP contribution >= 0.6 is 0 Å². The van der Waals surface area contributed by atoms with Gasteiger partial charge in [0.2, 0.25) is 5.91 Å². The number of hydrogen-bond donors (Lipinski definition) is 2. The van der Waals surface area contributed by atoms with E-state index in [2.05, 4.69) is 24.5 Å². The van der Waals surface area contributed by atoms with Crippen LogP contribution in [0, 0.1) is 5.92 Å². The Hall–Kier alpha value is -0.570. The summed E-state index contributed by atoms with van der Waals surface area (Å²) in [5.74, 6) is 0.899. The van der Waals surface area contributed by atoms with Crippen LogP contribution in [0.4, 0.5) is 0 Å². The van der Waals surface area contributed by atoms with Crippen LogP contribution in [0.3, 0.4) is 0 Å². The van der Waals surface area contributed by atoms with E-state index in [4.69, 9.17) is 0 Å². The first-order chi connectivity index (χ1) is 7.63. The topological polar surface area (TPSA) is 41.1 Å². The van der Waals surface area contributed by atoms with E-state index in [1.54, 1.807) is 0 Å². The van der Waals surface area contributed by atoms with Crippen molar-refractivity contribution in [1.29, 1.82) is 0 Å². The summed E-state index contributed by atoms with van der Waals surface area (Å²) in [5.41, 5.74) is 0. The lowest BCUT2D eigenvalue weighted by Gasteiger charge is -2.20. The minimum absolute atomic E-state index is 0.124. The van der Waals surface area contributed by atoms with Crippen LogP contribution in [0.15, 0.2) is 0 Å². The molecule has 1 amide bonds. The molecule has 1 aliphatic rings. The van der Waals surface area contributed by atoms with Gasteiger partial charge in [-0.1, -0.05) is 19.8 Å². The molecule has 1 aliphatic carbocycles. The molecule has 0 bridgehead atoms. The van der Waals surface area contributed by atoms with E-state index in [1.807, 2.05) is 6.92 Å². The second kappa shape index (κ2) is 6.89. The molecule has 0 saturated heterocycles. The molecule has 16 heavy (non-hydrogen) atoms. The average Bonchev–Trinajstić information content (AvgIpc) is 2.79. The minimum Gasteiger partial charge on any atom is -0.353 e. The molecule has 2 N–H and O–H groups in total. The molecule has 0 aromatic rings. The van der Waals surface area contributed by atoms with Crippen molar-refractivity contribution in [1.82, 2.24) is 10.6 Å². The molecule has 1 unspecified atom stereocenters. The van der Waals surface area contributed by atoms with Crippen molar-refractivity contribution in [3.8, 4) is 0 Å². The zero-order valence-corrected chi connectivity index (χ0v) is 10.9. The standard InChI is InChI=1S/C13H26N2O/c1-4-10(2)15-13(16)9-14-11(3)12-7-5-6-8-12/h10-12,14H,4-9H2,1-3H3,(H,15,16)/t10?,11-/m0/s1. The van der Waals surface area contributed by atoms with Gasteiger partial charge in [-0.2, -0.15) is 0 Å². The second-order valence-corrected chi connectivity index (χ2v) is 5.09. The normalized spacial score (nSPS) is 20.7. The Balaban J connectivity index is 2.15. The maximum Gasteiger partial charge on any atom is 0.234 e. The van der Waals surface area contributed by atoms with E-state index in [0.717, 1.165) is 12.3 Å². The lowest BCUT2D eigenvalue weighted by molar-refractivity contribution is -0.121. The first kappa shape index (κ1) is 13.5. The van der Waals surface area contributed by atoms with E-state index in [0.29, 0.717) is 12.6 Å². The zero-order chi connectivity index (χ0) is 12.0. The van der Waals surface area contributed by atoms with Gasteiger partial charge >= 0.3 is 0 Å². The van der Waals surface area contributed by atoms with Crippen molar-refractivity contribution < 1.29 is 4.79 Å². The summed E-state index contributed by atoms with van der Waals surface area (Å²) in [6.07, 6.45) is 6.34. The van der Waals surface area contributed by atoms with Gasteiger partial charge in [0.15, 0.2) is 0 Å². The van der Waals surface area contributed by atoms with Gasteiger partial charge in [-0.15, -0.1) is 0 Å². The third kappa shape index (κ3) is 4.52. The number of carbonyl (C=O) groups is 1. The van der Waals surface area contributed by atoms with Gasteiger partial charge in [0.05, 0.1) is 6.54 Å². The van der Waals surface area contributed by atoms with Gasteiger partial charge in [-0.25, -0.2) is 0 Å². The van der Waals surface area contributed by atoms with Crippen LogP contribution in [0.25, 0.3) is 0 Å². The SMILES string of the molecule is CCC(C)NC(=O)CN[C@@H](C)C1CCCC1. The Bertz CT molecular complexity index is 212. The third-order valence-corrected chi connectivity index (χ3v) is 3.71. The summed E-state index contributed by atoms with van der Waals surface area (Å²) in [6.45, 7) is 6.78. The lowest BCUT2D eigenvalue weighted by Crippen LogP contribution is -2.43. The summed E-state index contributed by atoms with van der Waals surface area (Å²) in [7, 11) is 0. The first-order valence-corrected chi connectivity index (χ1v) is 6.66. The van der Waals surface area contributed by atoms with Crippen LogP contribution in [0.2, 0.25) is 0 Å². The molecule has 2 atom stereocenters. The van der Waals surface area contributed by atoms with Crippen LogP contribution in [-0.2, 0) is 4.79 Å². The van der Waals surface area contributed by atoms with Gasteiger partial charge in [-0.3, -0.25) is 4.79 Å². The Kier molecular flexibility index (Phi) is 5.81. The number of amides is 1. The highest BCUT2D eigenvalue weighted by Crippen LogP contribution is 2.27. The highest BCUT2D eigenvalue weighted by molar-refractivity contribution is 5.78. The number of hydrogen-bond acceptors (Lipinski definition) is 2. The smallest absolute Gasteiger partial charge is 0.234 e. The predicted molar refractivity (Wildman–Crippen MR) is 67.3 cm³/mol. The minimum atomic E-state index is 0.124. The Morgan fingerprint density at radius 2 is 1.94 bits per heavy atom. The van der Waals surface area contributed by atoms with E-state index in [9.17, 15) is 4.79 Å². The van der Waals surface area contributed by atoms with Gasteiger partial charge in [0.1, 0.15) is 0 Å². The van der Waals surface area contributed by atoms with Crippen molar-refractivity contribution in [3.63, 3.8) is 0 Å². The zero-order valence-electron chi connectivity index (χ0n) is 10.9. The highest BCUT2D eigenvalue weighted by Gasteiger charge is 2.21. The van der Waals surface area contributed by atoms with Gasteiger partial charge < -0.3 is 10.6 Å². The molecule has 0 aromatic carbocycles. The summed E-state index contributed by atoms with van der Waals surface area (Å²) < 4.78 is 0. The van der Waals surface area contributed by atoms with Gasteiger partial charge in [0.25, 0.3) is 0 Å². The van der Waals surface area contributed by atoms with Gasteiger partial charge in [-0.05, 0) is 39.0 Å². The predicted octanol–water partition coefficient (Wildman–Crippen LogP) is 2.07. The van der Waals surface area contributed by atoms with E-state index >= 15 is 0 Å². The van der Waals surface area contributed by atoms with E-state index < -0.39 is 0 Å². The maximum atomic E-state index is 11.6. The van der Waals surface area contributed by atoms with Crippen LogP contribution in [0.1, 0.15) is 52.9 Å². The number of rotatable bonds is 6. The number of nitrogens with one attached hydrogen (secondary N) is 2. The molecule has 3 nitrogen and oxygen atoms in total. The van der Waals surface area contributed by atoms with E-state index in [1.165, 1.54) is 25.7 Å². The molecule has 0 radical (unpaired) electrons. The molecule has 1 rings (SSSR count). The molecule has 3 heteroatoms. The molecule has 1 fully saturated rings. The van der Waals surface area contributed by atoms with E-state index in [-0.39, 0.29) is 11.9 Å². The summed E-state index contributed by atoms with van der Waals surface area (Å²) >= 11 is 0. The van der Waals surface area contributed by atoms with Crippen molar-refractivity contribution in [2.24, 2.45) is 5.92 Å². The fourth-order valence-electron chi connectivity index (χ4n) is 2.31. The molecule has 0 heterocycles. The lowest BCUT2D eigenvalue weighted by atomic mass is 10.00. The second-order valence-electron chi connectivity index (χ2n) is 5.09. The molecule has 94 valence electrons. The third-order valence-electron chi connectivity index (χ3n) is 3.71. The fourth-order valence-corrected chi connectivity index (χ4v) is 2.31. The summed E-state index contributed by atoms with van der Waals surface area (Å²) in [4.78, 5) is 11.6. The summed E-state index contributed by atoms with van der Waals surface area (Å²) in [6, 6.07) is 0.765.